The van der Waals surface area contributed by atoms with Gasteiger partial charge < -0.3 is 4.74 Å². The van der Waals surface area contributed by atoms with Crippen molar-refractivity contribution in [3.05, 3.63) is 0 Å². The summed E-state index contributed by atoms with van der Waals surface area (Å²) in [7, 11) is 1.16. The highest BCUT2D eigenvalue weighted by atomic mass is 19.3. The van der Waals surface area contributed by atoms with Crippen molar-refractivity contribution < 1.29 is 17.9 Å². The first-order chi connectivity index (χ1) is 4.55. The van der Waals surface area contributed by atoms with E-state index in [1.807, 2.05) is 0 Å². The molecule has 1 fully saturated rings. The molecule has 0 aromatic rings. The van der Waals surface area contributed by atoms with Crippen LogP contribution in [0.25, 0.3) is 0 Å². The highest BCUT2D eigenvalue weighted by Crippen LogP contribution is 2.28. The van der Waals surface area contributed by atoms with E-state index in [0.29, 0.717) is 4.90 Å². The number of halogens is 3. The Hall–Kier alpha value is -0.290. The lowest BCUT2D eigenvalue weighted by Crippen LogP contribution is -2.53. The molecule has 1 atom stereocenters. The molecule has 0 N–H and O–H groups in total. The van der Waals surface area contributed by atoms with Crippen molar-refractivity contribution in [2.24, 2.45) is 0 Å². The summed E-state index contributed by atoms with van der Waals surface area (Å²) >= 11 is 0. The summed E-state index contributed by atoms with van der Waals surface area (Å²) in [4.78, 5) is 0.640. The van der Waals surface area contributed by atoms with Crippen LogP contribution in [0.1, 0.15) is 0 Å². The quantitative estimate of drug-likeness (QED) is 0.480. The number of morpholine rings is 1. The van der Waals surface area contributed by atoms with E-state index < -0.39 is 12.4 Å². The average Bonchev–Trinajstić information content (AvgIpc) is 1.84. The number of alkyl halides is 3. The molecule has 1 aliphatic heterocycles. The Bertz CT molecular complexity index is 118. The summed E-state index contributed by atoms with van der Waals surface area (Å²) in [5.41, 5.74) is 0. The molecule has 0 aromatic heterocycles. The van der Waals surface area contributed by atoms with Crippen LogP contribution in [0.4, 0.5) is 13.2 Å². The van der Waals surface area contributed by atoms with Gasteiger partial charge in [-0.2, -0.15) is 8.78 Å². The van der Waals surface area contributed by atoms with Gasteiger partial charge in [-0.3, -0.25) is 0 Å². The van der Waals surface area contributed by atoms with Crippen LogP contribution < -0.4 is 0 Å². The lowest BCUT2D eigenvalue weighted by atomic mass is 10.4. The maximum atomic E-state index is 12.4. The zero-order valence-electron chi connectivity index (χ0n) is 5.48. The number of hydrogen-bond donors (Lipinski definition) is 0. The summed E-state index contributed by atoms with van der Waals surface area (Å²) in [6, 6.07) is -3.46. The second kappa shape index (κ2) is 2.39. The van der Waals surface area contributed by atoms with Crippen LogP contribution in [0, 0.1) is 0 Å². The molecule has 10 heavy (non-hydrogen) atoms. The first-order valence-electron chi connectivity index (χ1n) is 2.90. The van der Waals surface area contributed by atoms with E-state index >= 15 is 0 Å². The molecule has 1 unspecified atom stereocenters. The molecule has 1 saturated heterocycles. The van der Waals surface area contributed by atoms with E-state index in [4.69, 9.17) is 0 Å². The highest BCUT2D eigenvalue weighted by molar-refractivity contribution is 4.73. The fourth-order valence-corrected chi connectivity index (χ4v) is 0.716. The second-order valence-electron chi connectivity index (χ2n) is 2.20. The van der Waals surface area contributed by atoms with Crippen molar-refractivity contribution in [2.75, 3.05) is 20.2 Å². The Kier molecular flexibility index (Phi) is 1.87. The lowest BCUT2D eigenvalue weighted by Gasteiger charge is -2.33. The Morgan fingerprint density at radius 2 is 2.20 bits per heavy atom. The molecule has 2 nitrogen and oxygen atoms in total. The van der Waals surface area contributed by atoms with Gasteiger partial charge >= 0.3 is 6.05 Å². The first-order valence-corrected chi connectivity index (χ1v) is 2.90. The third-order valence-corrected chi connectivity index (χ3v) is 1.47. The normalized spacial score (nSPS) is 34.2. The van der Waals surface area contributed by atoms with Crippen LogP contribution in [0.5, 0.6) is 0 Å². The Balaban J connectivity index is 2.63. The zero-order chi connectivity index (χ0) is 7.78. The average molecular weight is 155 g/mol. The van der Waals surface area contributed by atoms with Crippen molar-refractivity contribution in [3.63, 3.8) is 0 Å². The van der Waals surface area contributed by atoms with Crippen LogP contribution >= 0.6 is 0 Å². The predicted molar refractivity (Wildman–Crippen MR) is 28.4 cm³/mol. The molecule has 0 aliphatic carbocycles. The molecule has 1 heterocycles. The third kappa shape index (κ3) is 1.11. The second-order valence-corrected chi connectivity index (χ2v) is 2.20. The summed E-state index contributed by atoms with van der Waals surface area (Å²) in [6.45, 7) is 0.0840. The summed E-state index contributed by atoms with van der Waals surface area (Å²) in [5.74, 6) is 0. The topological polar surface area (TPSA) is 12.5 Å². The minimum Gasteiger partial charge on any atom is -0.341 e. The summed E-state index contributed by atoms with van der Waals surface area (Å²) in [5, 5.41) is 0. The molecule has 0 aromatic carbocycles. The standard InChI is InChI=1S/C5H8F3NO/c1-9-2-3-10-4(6)5(9,7)8/h4H,2-3H2,1H3. The van der Waals surface area contributed by atoms with Gasteiger partial charge in [-0.25, -0.2) is 9.29 Å². The van der Waals surface area contributed by atoms with Crippen molar-refractivity contribution >= 4 is 0 Å². The van der Waals surface area contributed by atoms with Crippen LogP contribution in [0.2, 0.25) is 0 Å². The molecule has 0 radical (unpaired) electrons. The van der Waals surface area contributed by atoms with Gasteiger partial charge in [0, 0.05) is 6.54 Å². The molecule has 60 valence electrons. The van der Waals surface area contributed by atoms with Crippen molar-refractivity contribution in [1.29, 1.82) is 0 Å². The van der Waals surface area contributed by atoms with Gasteiger partial charge in [0.15, 0.2) is 0 Å². The van der Waals surface area contributed by atoms with E-state index in [0.717, 1.165) is 7.05 Å². The number of rotatable bonds is 0. The maximum absolute atomic E-state index is 12.4. The smallest absolute Gasteiger partial charge is 0.341 e. The van der Waals surface area contributed by atoms with Crippen LogP contribution in [-0.2, 0) is 4.74 Å². The van der Waals surface area contributed by atoms with E-state index in [1.54, 1.807) is 0 Å². The first kappa shape index (κ1) is 7.81. The molecule has 0 saturated carbocycles. The Morgan fingerprint density at radius 3 is 2.60 bits per heavy atom. The molecule has 5 heteroatoms. The lowest BCUT2D eigenvalue weighted by molar-refractivity contribution is -0.293. The minimum absolute atomic E-state index is 0.0211. The van der Waals surface area contributed by atoms with Gasteiger partial charge in [0.2, 0.25) is 0 Å². The largest absolute Gasteiger partial charge is 0.360 e. The monoisotopic (exact) mass is 155 g/mol. The fourth-order valence-electron chi connectivity index (χ4n) is 0.716. The molecular formula is C5H8F3NO. The van der Waals surface area contributed by atoms with Gasteiger partial charge in [0.25, 0.3) is 6.36 Å². The molecule has 1 rings (SSSR count). The zero-order valence-corrected chi connectivity index (χ0v) is 5.48. The molecular weight excluding hydrogens is 147 g/mol. The molecule has 0 bridgehead atoms. The van der Waals surface area contributed by atoms with E-state index in [2.05, 4.69) is 4.74 Å². The van der Waals surface area contributed by atoms with Crippen molar-refractivity contribution in [3.8, 4) is 0 Å². The van der Waals surface area contributed by atoms with Crippen LogP contribution in [-0.4, -0.2) is 37.5 Å². The van der Waals surface area contributed by atoms with Crippen molar-refractivity contribution in [2.45, 2.75) is 12.4 Å². The van der Waals surface area contributed by atoms with E-state index in [-0.39, 0.29) is 13.2 Å². The SMILES string of the molecule is CN1CCOC(F)C1(F)F. The van der Waals surface area contributed by atoms with E-state index in [9.17, 15) is 13.2 Å². The third-order valence-electron chi connectivity index (χ3n) is 1.47. The number of nitrogens with zero attached hydrogens (tertiary/aromatic N) is 1. The van der Waals surface area contributed by atoms with Crippen molar-refractivity contribution in [1.82, 2.24) is 4.90 Å². The fraction of sp³-hybridized carbons (Fsp3) is 1.00. The van der Waals surface area contributed by atoms with Gasteiger partial charge in [-0.05, 0) is 7.05 Å². The van der Waals surface area contributed by atoms with Gasteiger partial charge in [0.05, 0.1) is 6.61 Å². The number of hydrogen-bond acceptors (Lipinski definition) is 2. The van der Waals surface area contributed by atoms with Crippen LogP contribution in [0.3, 0.4) is 0 Å². The number of likely N-dealkylation sites (N-methyl/N-ethyl adjacent to an activating group) is 1. The minimum atomic E-state index is -3.46. The molecule has 0 amide bonds. The summed E-state index contributed by atoms with van der Waals surface area (Å²) < 4.78 is 41.1. The highest BCUT2D eigenvalue weighted by Gasteiger charge is 2.47. The molecule has 0 spiro atoms. The Morgan fingerprint density at radius 1 is 1.60 bits per heavy atom. The predicted octanol–water partition coefficient (Wildman–Crippen LogP) is 0.837. The van der Waals surface area contributed by atoms with Gasteiger partial charge in [-0.1, -0.05) is 0 Å². The van der Waals surface area contributed by atoms with Gasteiger partial charge in [-0.15, -0.1) is 0 Å². The molecule has 1 aliphatic rings. The summed E-state index contributed by atoms with van der Waals surface area (Å²) in [6.07, 6.45) is -2.48. The Labute approximate surface area is 56.6 Å². The van der Waals surface area contributed by atoms with E-state index in [1.165, 1.54) is 0 Å². The van der Waals surface area contributed by atoms with Crippen LogP contribution in [0.15, 0.2) is 0 Å². The van der Waals surface area contributed by atoms with Gasteiger partial charge in [0.1, 0.15) is 0 Å². The maximum Gasteiger partial charge on any atom is 0.360 e. The number of ether oxygens (including phenoxy) is 1.